The van der Waals surface area contributed by atoms with Crippen molar-refractivity contribution >= 4 is 38.0 Å². The third kappa shape index (κ3) is 2.79. The number of aliphatic hydroxyl groups excluding tert-OH is 3. The third-order valence-electron chi connectivity index (χ3n) is 3.96. The molecule has 23 heavy (non-hydrogen) atoms. The zero-order chi connectivity index (χ0) is 16.8. The molecule has 128 valence electrons. The molecule has 6 N–H and O–H groups in total. The molecule has 0 aliphatic carbocycles. The molecule has 0 aromatic carbocycles. The average Bonchev–Trinajstić information content (AvgIpc) is 3.02. The summed E-state index contributed by atoms with van der Waals surface area (Å²) in [6, 6.07) is 0. The maximum absolute atomic E-state index is 10.2. The normalized spacial score (nSPS) is 39.9. The van der Waals surface area contributed by atoms with Crippen LogP contribution in [0.15, 0.2) is 15.0 Å². The van der Waals surface area contributed by atoms with Crippen LogP contribution in [0, 0.1) is 0 Å². The highest BCUT2D eigenvalue weighted by Crippen LogP contribution is 2.29. The lowest BCUT2D eigenvalue weighted by atomic mass is 10.1. The van der Waals surface area contributed by atoms with E-state index in [9.17, 15) is 15.3 Å². The fourth-order valence-corrected chi connectivity index (χ4v) is 3.48. The van der Waals surface area contributed by atoms with Crippen molar-refractivity contribution in [3.05, 3.63) is 0 Å². The Morgan fingerprint density at radius 3 is 2.83 bits per heavy atom. The zero-order valence-electron chi connectivity index (χ0n) is 12.4. The van der Waals surface area contributed by atoms with Crippen LogP contribution >= 0.6 is 22.6 Å². The predicted molar refractivity (Wildman–Crippen MR) is 91.4 cm³/mol. The van der Waals surface area contributed by atoms with Gasteiger partial charge in [-0.15, -0.1) is 0 Å². The van der Waals surface area contributed by atoms with E-state index in [0.717, 1.165) is 0 Å². The Labute approximate surface area is 146 Å². The highest BCUT2D eigenvalue weighted by Gasteiger charge is 2.50. The number of halogens is 1. The second kappa shape index (κ2) is 6.31. The van der Waals surface area contributed by atoms with Crippen LogP contribution in [0.4, 0.5) is 0 Å². The minimum atomic E-state index is -1.19. The summed E-state index contributed by atoms with van der Waals surface area (Å²) in [6.07, 6.45) is -4.09. The molecule has 0 aromatic heterocycles. The summed E-state index contributed by atoms with van der Waals surface area (Å²) < 4.78 is 5.99. The molecule has 3 aliphatic heterocycles. The molecule has 3 rings (SSSR count). The summed E-state index contributed by atoms with van der Waals surface area (Å²) in [5.41, 5.74) is 6.74. The minimum Gasteiger partial charge on any atom is -0.394 e. The van der Waals surface area contributed by atoms with Crippen molar-refractivity contribution in [3.8, 4) is 0 Å². The summed E-state index contributed by atoms with van der Waals surface area (Å²) >= 11 is 1.96. The van der Waals surface area contributed by atoms with Gasteiger partial charge in [-0.2, -0.15) is 0 Å². The SMILES string of the molecule is CCNC1(N)N=C(I)N=C2C1=NCN2[C@@H]1O[C@H](CO)[C@@H](O)[C@H]1O. The van der Waals surface area contributed by atoms with Gasteiger partial charge in [-0.3, -0.25) is 16.0 Å². The molecular formula is C12H19IN6O4. The van der Waals surface area contributed by atoms with Crippen LogP contribution in [0.1, 0.15) is 6.92 Å². The van der Waals surface area contributed by atoms with Crippen molar-refractivity contribution in [2.24, 2.45) is 20.7 Å². The fourth-order valence-electron chi connectivity index (χ4n) is 2.87. The fraction of sp³-hybridized carbons (Fsp3) is 0.750. The molecule has 0 aromatic rings. The Morgan fingerprint density at radius 2 is 2.22 bits per heavy atom. The van der Waals surface area contributed by atoms with E-state index < -0.39 is 30.3 Å². The molecule has 0 saturated carbocycles. The number of nitrogens with two attached hydrogens (primary N) is 1. The van der Waals surface area contributed by atoms with E-state index in [-0.39, 0.29) is 13.3 Å². The van der Waals surface area contributed by atoms with Gasteiger partial charge in [0.1, 0.15) is 30.7 Å². The number of amidine groups is 2. The number of aliphatic imine (C=N–C) groups is 3. The molecule has 1 fully saturated rings. The van der Waals surface area contributed by atoms with E-state index in [1.165, 1.54) is 0 Å². The summed E-state index contributed by atoms with van der Waals surface area (Å²) in [7, 11) is 0. The molecule has 0 amide bonds. The number of aliphatic hydroxyl groups is 3. The van der Waals surface area contributed by atoms with E-state index in [4.69, 9.17) is 10.5 Å². The number of nitrogens with one attached hydrogen (secondary N) is 1. The van der Waals surface area contributed by atoms with Crippen LogP contribution < -0.4 is 11.1 Å². The van der Waals surface area contributed by atoms with Crippen LogP contribution in [0.3, 0.4) is 0 Å². The van der Waals surface area contributed by atoms with Gasteiger partial charge in [0, 0.05) is 22.6 Å². The van der Waals surface area contributed by atoms with E-state index in [2.05, 4.69) is 20.3 Å². The number of nitrogens with zero attached hydrogens (tertiary/aromatic N) is 4. The average molecular weight is 438 g/mol. The second-order valence-corrected chi connectivity index (χ2v) is 6.42. The van der Waals surface area contributed by atoms with Gasteiger partial charge >= 0.3 is 0 Å². The maximum atomic E-state index is 10.2. The lowest BCUT2D eigenvalue weighted by Gasteiger charge is -2.33. The Kier molecular flexibility index (Phi) is 4.70. The number of fused-ring (bicyclic) bond motifs is 1. The first-order chi connectivity index (χ1) is 10.9. The van der Waals surface area contributed by atoms with Gasteiger partial charge < -0.3 is 25.0 Å². The Hall–Kier alpha value is -0.700. The van der Waals surface area contributed by atoms with Gasteiger partial charge in [0.25, 0.3) is 0 Å². The summed E-state index contributed by atoms with van der Waals surface area (Å²) in [4.78, 5) is 14.7. The van der Waals surface area contributed by atoms with Crippen molar-refractivity contribution in [3.63, 3.8) is 0 Å². The second-order valence-electron chi connectivity index (χ2n) is 5.46. The monoisotopic (exact) mass is 438 g/mol. The van der Waals surface area contributed by atoms with E-state index in [1.807, 2.05) is 29.5 Å². The van der Waals surface area contributed by atoms with Crippen molar-refractivity contribution < 1.29 is 20.1 Å². The number of rotatable bonds is 4. The maximum Gasteiger partial charge on any atom is 0.212 e. The van der Waals surface area contributed by atoms with Gasteiger partial charge in [0.15, 0.2) is 15.9 Å². The Balaban J connectivity index is 1.88. The first-order valence-electron chi connectivity index (χ1n) is 7.23. The molecule has 1 saturated heterocycles. The smallest absolute Gasteiger partial charge is 0.212 e. The lowest BCUT2D eigenvalue weighted by molar-refractivity contribution is -0.0688. The van der Waals surface area contributed by atoms with Crippen LogP contribution in [0.2, 0.25) is 0 Å². The van der Waals surface area contributed by atoms with E-state index in [0.29, 0.717) is 21.9 Å². The van der Waals surface area contributed by atoms with Gasteiger partial charge in [-0.25, -0.2) is 9.98 Å². The Morgan fingerprint density at radius 1 is 1.48 bits per heavy atom. The van der Waals surface area contributed by atoms with Crippen molar-refractivity contribution in [2.75, 3.05) is 19.8 Å². The highest BCUT2D eigenvalue weighted by atomic mass is 127. The molecule has 0 bridgehead atoms. The molecular weight excluding hydrogens is 419 g/mol. The summed E-state index contributed by atoms with van der Waals surface area (Å²) in [5.74, 6) is -0.738. The highest BCUT2D eigenvalue weighted by molar-refractivity contribution is 14.1. The lowest BCUT2D eigenvalue weighted by Crippen LogP contribution is -2.63. The van der Waals surface area contributed by atoms with Crippen LogP contribution in [0.25, 0.3) is 0 Å². The van der Waals surface area contributed by atoms with Gasteiger partial charge in [0.05, 0.1) is 6.61 Å². The Bertz CT molecular complexity index is 584. The van der Waals surface area contributed by atoms with Gasteiger partial charge in [-0.05, 0) is 6.54 Å². The van der Waals surface area contributed by atoms with E-state index >= 15 is 0 Å². The molecule has 5 atom stereocenters. The van der Waals surface area contributed by atoms with Gasteiger partial charge in [0.2, 0.25) is 5.79 Å². The van der Waals surface area contributed by atoms with Crippen molar-refractivity contribution in [2.45, 2.75) is 37.3 Å². The zero-order valence-corrected chi connectivity index (χ0v) is 14.6. The number of hydrogen-bond donors (Lipinski definition) is 5. The van der Waals surface area contributed by atoms with Gasteiger partial charge in [-0.1, -0.05) is 6.92 Å². The topological polar surface area (TPSA) is 148 Å². The van der Waals surface area contributed by atoms with Crippen molar-refractivity contribution in [1.82, 2.24) is 10.2 Å². The van der Waals surface area contributed by atoms with Crippen molar-refractivity contribution in [1.29, 1.82) is 0 Å². The molecule has 1 unspecified atom stereocenters. The molecule has 10 nitrogen and oxygen atoms in total. The third-order valence-corrected chi connectivity index (χ3v) is 4.45. The first kappa shape index (κ1) is 17.1. The molecule has 3 aliphatic rings. The minimum absolute atomic E-state index is 0.171. The summed E-state index contributed by atoms with van der Waals surface area (Å²) in [5, 5.41) is 32.4. The van der Waals surface area contributed by atoms with E-state index in [1.54, 1.807) is 4.90 Å². The van der Waals surface area contributed by atoms with Crippen LogP contribution in [0.5, 0.6) is 0 Å². The largest absolute Gasteiger partial charge is 0.394 e. The molecule has 0 radical (unpaired) electrons. The number of hydrogen-bond acceptors (Lipinski definition) is 10. The standard InChI is InChI=1S/C12H19IN6O4/c1-2-16-12(14)8-9(17-11(13)18-12)19(4-15-8)10-7(22)6(21)5(3-20)23-10/h5-7,10,16,20-22H,2-4,14H2,1H3/t5-,6-,7-,10-,12?/m1/s1. The van der Waals surface area contributed by atoms with Crippen LogP contribution in [-0.2, 0) is 4.74 Å². The molecule has 3 heterocycles. The van der Waals surface area contributed by atoms with Crippen LogP contribution in [-0.4, -0.2) is 85.8 Å². The molecule has 11 heteroatoms. The first-order valence-corrected chi connectivity index (χ1v) is 8.31. The number of ether oxygens (including phenoxy) is 1. The predicted octanol–water partition coefficient (Wildman–Crippen LogP) is -2.44. The summed E-state index contributed by atoms with van der Waals surface area (Å²) in [6.45, 7) is 2.27. The molecule has 0 spiro atoms. The quantitative estimate of drug-likeness (QED) is 0.186.